The zero-order valence-electron chi connectivity index (χ0n) is 13.1. The molecule has 2 aliphatic rings. The van der Waals surface area contributed by atoms with Crippen molar-refractivity contribution in [3.05, 3.63) is 0 Å². The second-order valence-corrected chi connectivity index (χ2v) is 6.71. The van der Waals surface area contributed by atoms with E-state index in [-0.39, 0.29) is 12.5 Å². The predicted molar refractivity (Wildman–Crippen MR) is 77.9 cm³/mol. The molecule has 0 amide bonds. The number of rotatable bonds is 1. The van der Waals surface area contributed by atoms with Crippen molar-refractivity contribution in [2.24, 2.45) is 11.8 Å². The Kier molecular flexibility index (Phi) is 5.67. The average Bonchev–Trinajstić information content (AvgIpc) is 2.38. The minimum absolute atomic E-state index is 0.00157. The maximum atomic E-state index is 6.18. The van der Waals surface area contributed by atoms with Crippen molar-refractivity contribution < 1.29 is 9.47 Å². The van der Waals surface area contributed by atoms with Crippen LogP contribution < -0.4 is 0 Å². The molecule has 2 bridgehead atoms. The Hall–Kier alpha value is -0.120. The summed E-state index contributed by atoms with van der Waals surface area (Å²) in [7, 11) is 4.23. The molecule has 0 aromatic heterocycles. The molecule has 112 valence electrons. The van der Waals surface area contributed by atoms with Crippen LogP contribution in [-0.2, 0) is 9.47 Å². The molecule has 0 spiro atoms. The third kappa shape index (κ3) is 4.17. The monoisotopic (exact) mass is 269 g/mol. The molecule has 2 saturated heterocycles. The third-order valence-electron chi connectivity index (χ3n) is 4.81. The Morgan fingerprint density at radius 3 is 2.26 bits per heavy atom. The van der Waals surface area contributed by atoms with Crippen LogP contribution in [0, 0.1) is 11.8 Å². The molecule has 19 heavy (non-hydrogen) atoms. The Balaban J connectivity index is 2.05. The van der Waals surface area contributed by atoms with Crippen molar-refractivity contribution in [3.8, 4) is 0 Å². The lowest BCUT2D eigenvalue weighted by Crippen LogP contribution is -2.48. The summed E-state index contributed by atoms with van der Waals surface area (Å²) in [4.78, 5) is 2.21. The van der Waals surface area contributed by atoms with Crippen molar-refractivity contribution in [1.82, 2.24) is 4.90 Å². The molecule has 3 nitrogen and oxygen atoms in total. The first-order valence-corrected chi connectivity index (χ1v) is 8.05. The van der Waals surface area contributed by atoms with Crippen LogP contribution in [0.15, 0.2) is 0 Å². The lowest BCUT2D eigenvalue weighted by molar-refractivity contribution is -0.266. The van der Waals surface area contributed by atoms with Crippen LogP contribution >= 0.6 is 0 Å². The minimum Gasteiger partial charge on any atom is -0.350 e. The number of fused-ring (bicyclic) bond motifs is 2. The van der Waals surface area contributed by atoms with Crippen LogP contribution in [0.25, 0.3) is 0 Å². The molecule has 0 aliphatic carbocycles. The summed E-state index contributed by atoms with van der Waals surface area (Å²) in [6.07, 6.45) is 9.54. The summed E-state index contributed by atoms with van der Waals surface area (Å²) < 4.78 is 12.3. The van der Waals surface area contributed by atoms with Gasteiger partial charge in [-0.05, 0) is 45.7 Å². The summed E-state index contributed by atoms with van der Waals surface area (Å²) >= 11 is 0. The predicted octanol–water partition coefficient (Wildman–Crippen LogP) is 3.63. The van der Waals surface area contributed by atoms with Crippen molar-refractivity contribution >= 4 is 0 Å². The van der Waals surface area contributed by atoms with Gasteiger partial charge in [0, 0.05) is 6.42 Å². The molecule has 0 aromatic carbocycles. The number of ether oxygens (including phenoxy) is 2. The molecule has 2 rings (SSSR count). The highest BCUT2D eigenvalue weighted by atomic mass is 16.7. The van der Waals surface area contributed by atoms with Crippen LogP contribution in [0.4, 0.5) is 0 Å². The van der Waals surface area contributed by atoms with Gasteiger partial charge in [0.25, 0.3) is 0 Å². The van der Waals surface area contributed by atoms with Crippen LogP contribution in [0.2, 0.25) is 0 Å². The normalized spacial score (nSPS) is 41.8. The van der Waals surface area contributed by atoms with Crippen molar-refractivity contribution in [2.45, 2.75) is 77.4 Å². The van der Waals surface area contributed by atoms with E-state index >= 15 is 0 Å². The van der Waals surface area contributed by atoms with Crippen molar-refractivity contribution in [2.75, 3.05) is 14.1 Å². The molecular weight excluding hydrogens is 238 g/mol. The summed E-state index contributed by atoms with van der Waals surface area (Å²) in [6, 6.07) is 0. The van der Waals surface area contributed by atoms with Gasteiger partial charge in [-0.25, -0.2) is 0 Å². The molecule has 0 aromatic rings. The van der Waals surface area contributed by atoms with Gasteiger partial charge < -0.3 is 9.47 Å². The Morgan fingerprint density at radius 1 is 0.895 bits per heavy atom. The first kappa shape index (κ1) is 15.3. The first-order valence-electron chi connectivity index (χ1n) is 8.05. The van der Waals surface area contributed by atoms with E-state index < -0.39 is 0 Å². The van der Waals surface area contributed by atoms with Gasteiger partial charge in [0.05, 0.1) is 6.10 Å². The standard InChI is InChI=1S/C16H31NO2/c1-12-9-7-5-6-8-10-14-11-15(18-12)19-16(13(14)2)17(3)4/h12-16H,5-11H2,1-4H3/t12?,13?,14?,15?,16-/m1/s1. The highest BCUT2D eigenvalue weighted by Gasteiger charge is 2.37. The average molecular weight is 269 g/mol. The lowest BCUT2D eigenvalue weighted by atomic mass is 9.82. The smallest absolute Gasteiger partial charge is 0.160 e. The van der Waals surface area contributed by atoms with Crippen LogP contribution in [0.3, 0.4) is 0 Å². The maximum Gasteiger partial charge on any atom is 0.160 e. The summed E-state index contributed by atoms with van der Waals surface area (Å²) in [5.41, 5.74) is 0. The van der Waals surface area contributed by atoms with Gasteiger partial charge in [0.1, 0.15) is 6.23 Å². The fourth-order valence-corrected chi connectivity index (χ4v) is 3.61. The van der Waals surface area contributed by atoms with Gasteiger partial charge in [-0.2, -0.15) is 0 Å². The summed E-state index contributed by atoms with van der Waals surface area (Å²) in [5.74, 6) is 1.35. The van der Waals surface area contributed by atoms with Gasteiger partial charge in [-0.15, -0.1) is 0 Å². The molecule has 2 fully saturated rings. The van der Waals surface area contributed by atoms with E-state index in [1.807, 2.05) is 0 Å². The zero-order chi connectivity index (χ0) is 13.8. The molecule has 0 saturated carbocycles. The summed E-state index contributed by atoms with van der Waals surface area (Å²) in [6.45, 7) is 4.54. The van der Waals surface area contributed by atoms with Gasteiger partial charge in [-0.1, -0.05) is 32.6 Å². The van der Waals surface area contributed by atoms with Crippen LogP contribution in [-0.4, -0.2) is 37.6 Å². The minimum atomic E-state index is 0.00157. The Bertz CT molecular complexity index is 269. The van der Waals surface area contributed by atoms with Gasteiger partial charge in [0.15, 0.2) is 6.29 Å². The Labute approximate surface area is 118 Å². The maximum absolute atomic E-state index is 6.18. The van der Waals surface area contributed by atoms with Crippen molar-refractivity contribution in [1.29, 1.82) is 0 Å². The van der Waals surface area contributed by atoms with Crippen LogP contribution in [0.5, 0.6) is 0 Å². The number of hydrogen-bond acceptors (Lipinski definition) is 3. The molecule has 0 N–H and O–H groups in total. The number of hydrogen-bond donors (Lipinski definition) is 0. The zero-order valence-corrected chi connectivity index (χ0v) is 13.1. The van der Waals surface area contributed by atoms with Gasteiger partial charge >= 0.3 is 0 Å². The first-order chi connectivity index (χ1) is 9.08. The summed E-state index contributed by atoms with van der Waals surface area (Å²) in [5, 5.41) is 0. The number of nitrogens with zero attached hydrogens (tertiary/aromatic N) is 1. The van der Waals surface area contributed by atoms with Gasteiger partial charge in [0.2, 0.25) is 0 Å². The highest BCUT2D eigenvalue weighted by Crippen LogP contribution is 2.36. The van der Waals surface area contributed by atoms with E-state index in [0.29, 0.717) is 12.0 Å². The van der Waals surface area contributed by atoms with Crippen LogP contribution in [0.1, 0.15) is 58.8 Å². The third-order valence-corrected chi connectivity index (χ3v) is 4.81. The SMILES string of the molecule is CC1CCCCCCC2CC(O1)O[C@@H](N(C)C)C2C. The van der Waals surface area contributed by atoms with E-state index in [2.05, 4.69) is 32.8 Å². The topological polar surface area (TPSA) is 21.7 Å². The lowest BCUT2D eigenvalue weighted by Gasteiger charge is -2.43. The molecule has 5 atom stereocenters. The fraction of sp³-hybridized carbons (Fsp3) is 1.00. The van der Waals surface area contributed by atoms with Gasteiger partial charge in [-0.3, -0.25) is 4.90 Å². The van der Waals surface area contributed by atoms with E-state index in [9.17, 15) is 0 Å². The molecular formula is C16H31NO2. The molecule has 3 heteroatoms. The molecule has 4 unspecified atom stereocenters. The fourth-order valence-electron chi connectivity index (χ4n) is 3.61. The van der Waals surface area contributed by atoms with E-state index in [0.717, 1.165) is 12.3 Å². The molecule has 0 radical (unpaired) electrons. The molecule has 2 heterocycles. The Morgan fingerprint density at radius 2 is 1.58 bits per heavy atom. The quantitative estimate of drug-likeness (QED) is 0.725. The van der Waals surface area contributed by atoms with E-state index in [4.69, 9.17) is 9.47 Å². The second-order valence-electron chi connectivity index (χ2n) is 6.71. The molecule has 2 aliphatic heterocycles. The van der Waals surface area contributed by atoms with E-state index in [1.165, 1.54) is 38.5 Å². The van der Waals surface area contributed by atoms with E-state index in [1.54, 1.807) is 0 Å². The largest absolute Gasteiger partial charge is 0.350 e. The second kappa shape index (κ2) is 7.05. The highest BCUT2D eigenvalue weighted by molar-refractivity contribution is 4.80. The van der Waals surface area contributed by atoms with Crippen molar-refractivity contribution in [3.63, 3.8) is 0 Å².